The summed E-state index contributed by atoms with van der Waals surface area (Å²) in [6, 6.07) is 9.69. The highest BCUT2D eigenvalue weighted by molar-refractivity contribution is 5.38. The Labute approximate surface area is 105 Å². The monoisotopic (exact) mass is 248 g/mol. The summed E-state index contributed by atoms with van der Waals surface area (Å²) in [6.45, 7) is 2.20. The summed E-state index contributed by atoms with van der Waals surface area (Å²) in [5.41, 5.74) is 1.44. The van der Waals surface area contributed by atoms with Crippen LogP contribution in [-0.4, -0.2) is 12.0 Å². The molecule has 0 aliphatic rings. The summed E-state index contributed by atoms with van der Waals surface area (Å²) in [6.07, 6.45) is 0. The molecule has 2 aromatic rings. The molecule has 0 amide bonds. The molecule has 0 aliphatic heterocycles. The molecule has 2 nitrogen and oxygen atoms in total. The molecule has 0 unspecified atom stereocenters. The third-order valence-corrected chi connectivity index (χ3v) is 2.75. The van der Waals surface area contributed by atoms with Crippen LogP contribution in [0.2, 0.25) is 0 Å². The molecule has 0 aliphatic carbocycles. The van der Waals surface area contributed by atoms with Crippen LogP contribution in [0.5, 0.6) is 0 Å². The van der Waals surface area contributed by atoms with Gasteiger partial charge in [-0.1, -0.05) is 18.2 Å². The summed E-state index contributed by atoms with van der Waals surface area (Å²) < 4.78 is 26.4. The predicted octanol–water partition coefficient (Wildman–Crippen LogP) is 3.30. The number of rotatable bonds is 3. The molecule has 2 rings (SSSR count). The Morgan fingerprint density at radius 2 is 1.94 bits per heavy atom. The van der Waals surface area contributed by atoms with E-state index in [4.69, 9.17) is 0 Å². The number of pyridine rings is 1. The van der Waals surface area contributed by atoms with E-state index in [0.29, 0.717) is 17.9 Å². The molecule has 0 saturated heterocycles. The number of halogens is 2. The standard InChI is InChI=1S/C14H14F2N2/c1-10-6-7-11(8-12(10)15)9-18(2)14-5-3-4-13(16)17-14/h3-8H,9H2,1-2H3. The van der Waals surface area contributed by atoms with Gasteiger partial charge in [-0.15, -0.1) is 0 Å². The van der Waals surface area contributed by atoms with Gasteiger partial charge in [-0.25, -0.2) is 9.37 Å². The molecule has 0 N–H and O–H groups in total. The van der Waals surface area contributed by atoms with Gasteiger partial charge in [0.05, 0.1) is 0 Å². The van der Waals surface area contributed by atoms with Crippen molar-refractivity contribution in [2.24, 2.45) is 0 Å². The second kappa shape index (κ2) is 5.12. The van der Waals surface area contributed by atoms with Crippen LogP contribution >= 0.6 is 0 Å². The molecule has 1 aromatic carbocycles. The minimum Gasteiger partial charge on any atom is -0.355 e. The first kappa shape index (κ1) is 12.5. The third kappa shape index (κ3) is 2.83. The molecule has 0 atom stereocenters. The summed E-state index contributed by atoms with van der Waals surface area (Å²) in [7, 11) is 1.79. The van der Waals surface area contributed by atoms with Gasteiger partial charge in [0.1, 0.15) is 11.6 Å². The molecule has 94 valence electrons. The number of anilines is 1. The summed E-state index contributed by atoms with van der Waals surface area (Å²) in [5, 5.41) is 0. The topological polar surface area (TPSA) is 16.1 Å². The van der Waals surface area contributed by atoms with Gasteiger partial charge >= 0.3 is 0 Å². The highest BCUT2D eigenvalue weighted by Crippen LogP contribution is 2.15. The first-order chi connectivity index (χ1) is 8.56. The Morgan fingerprint density at radius 3 is 2.61 bits per heavy atom. The first-order valence-electron chi connectivity index (χ1n) is 5.65. The number of hydrogen-bond donors (Lipinski definition) is 0. The Hall–Kier alpha value is -1.97. The van der Waals surface area contributed by atoms with Crippen LogP contribution in [0.4, 0.5) is 14.6 Å². The highest BCUT2D eigenvalue weighted by Gasteiger charge is 2.06. The van der Waals surface area contributed by atoms with Gasteiger partial charge in [-0.05, 0) is 36.2 Å². The van der Waals surface area contributed by atoms with Crippen LogP contribution in [0.15, 0.2) is 36.4 Å². The summed E-state index contributed by atoms with van der Waals surface area (Å²) in [5.74, 6) is -0.224. The fourth-order valence-electron chi connectivity index (χ4n) is 1.70. The van der Waals surface area contributed by atoms with Crippen molar-refractivity contribution in [1.82, 2.24) is 4.98 Å². The highest BCUT2D eigenvalue weighted by atomic mass is 19.1. The number of benzene rings is 1. The molecular formula is C14H14F2N2. The molecule has 0 spiro atoms. The van der Waals surface area contributed by atoms with E-state index < -0.39 is 5.95 Å². The second-order valence-electron chi connectivity index (χ2n) is 4.26. The number of hydrogen-bond acceptors (Lipinski definition) is 2. The molecular weight excluding hydrogens is 234 g/mol. The van der Waals surface area contributed by atoms with Crippen molar-refractivity contribution in [2.75, 3.05) is 11.9 Å². The van der Waals surface area contributed by atoms with E-state index in [0.717, 1.165) is 5.56 Å². The molecule has 18 heavy (non-hydrogen) atoms. The lowest BCUT2D eigenvalue weighted by Gasteiger charge is -2.18. The third-order valence-electron chi connectivity index (χ3n) is 2.75. The number of aryl methyl sites for hydroxylation is 1. The zero-order valence-electron chi connectivity index (χ0n) is 10.3. The molecule has 0 radical (unpaired) electrons. The number of nitrogens with zero attached hydrogens (tertiary/aromatic N) is 2. The van der Waals surface area contributed by atoms with E-state index in [1.54, 1.807) is 37.1 Å². The van der Waals surface area contributed by atoms with E-state index in [2.05, 4.69) is 4.98 Å². The van der Waals surface area contributed by atoms with Gasteiger partial charge in [0.25, 0.3) is 0 Å². The normalized spacial score (nSPS) is 10.4. The molecule has 0 bridgehead atoms. The lowest BCUT2D eigenvalue weighted by molar-refractivity contribution is 0.582. The van der Waals surface area contributed by atoms with Crippen molar-refractivity contribution in [3.63, 3.8) is 0 Å². The van der Waals surface area contributed by atoms with Crippen LogP contribution in [-0.2, 0) is 6.54 Å². The molecule has 0 saturated carbocycles. The maximum Gasteiger partial charge on any atom is 0.214 e. The van der Waals surface area contributed by atoms with Crippen LogP contribution in [0.1, 0.15) is 11.1 Å². The van der Waals surface area contributed by atoms with E-state index in [-0.39, 0.29) is 5.82 Å². The summed E-state index contributed by atoms with van der Waals surface area (Å²) >= 11 is 0. The largest absolute Gasteiger partial charge is 0.355 e. The Balaban J connectivity index is 2.16. The van der Waals surface area contributed by atoms with E-state index >= 15 is 0 Å². The van der Waals surface area contributed by atoms with Crippen molar-refractivity contribution < 1.29 is 8.78 Å². The fourth-order valence-corrected chi connectivity index (χ4v) is 1.70. The molecule has 4 heteroatoms. The van der Waals surface area contributed by atoms with Crippen LogP contribution in [0.25, 0.3) is 0 Å². The lowest BCUT2D eigenvalue weighted by atomic mass is 10.1. The van der Waals surface area contributed by atoms with Crippen molar-refractivity contribution in [2.45, 2.75) is 13.5 Å². The van der Waals surface area contributed by atoms with Crippen molar-refractivity contribution in [3.05, 3.63) is 59.3 Å². The van der Waals surface area contributed by atoms with Gasteiger partial charge in [0.2, 0.25) is 5.95 Å². The second-order valence-corrected chi connectivity index (χ2v) is 4.26. The van der Waals surface area contributed by atoms with Crippen LogP contribution in [0.3, 0.4) is 0 Å². The molecule has 1 heterocycles. The number of aromatic nitrogens is 1. The molecule has 0 fully saturated rings. The first-order valence-corrected chi connectivity index (χ1v) is 5.65. The van der Waals surface area contributed by atoms with E-state index in [1.165, 1.54) is 12.1 Å². The van der Waals surface area contributed by atoms with Crippen molar-refractivity contribution in [3.8, 4) is 0 Å². The maximum absolute atomic E-state index is 13.4. The lowest BCUT2D eigenvalue weighted by Crippen LogP contribution is -2.18. The van der Waals surface area contributed by atoms with Gasteiger partial charge in [0, 0.05) is 13.6 Å². The van der Waals surface area contributed by atoms with Crippen molar-refractivity contribution in [1.29, 1.82) is 0 Å². The van der Waals surface area contributed by atoms with Gasteiger partial charge in [-0.3, -0.25) is 0 Å². The van der Waals surface area contributed by atoms with Crippen molar-refractivity contribution >= 4 is 5.82 Å². The Kier molecular flexibility index (Phi) is 3.55. The van der Waals surface area contributed by atoms with Crippen LogP contribution in [0, 0.1) is 18.7 Å². The Bertz CT molecular complexity index is 555. The zero-order chi connectivity index (χ0) is 13.1. The van der Waals surface area contributed by atoms with Gasteiger partial charge in [0.15, 0.2) is 0 Å². The SMILES string of the molecule is Cc1ccc(CN(C)c2cccc(F)n2)cc1F. The van der Waals surface area contributed by atoms with Crippen LogP contribution < -0.4 is 4.90 Å². The zero-order valence-corrected chi connectivity index (χ0v) is 10.3. The summed E-state index contributed by atoms with van der Waals surface area (Å²) in [4.78, 5) is 5.55. The minimum atomic E-state index is -0.519. The molecule has 1 aromatic heterocycles. The average Bonchev–Trinajstić information content (AvgIpc) is 2.34. The fraction of sp³-hybridized carbons (Fsp3) is 0.214. The smallest absolute Gasteiger partial charge is 0.214 e. The minimum absolute atomic E-state index is 0.229. The quantitative estimate of drug-likeness (QED) is 0.775. The Morgan fingerprint density at radius 1 is 1.17 bits per heavy atom. The maximum atomic E-state index is 13.4. The van der Waals surface area contributed by atoms with E-state index in [1.807, 2.05) is 6.07 Å². The van der Waals surface area contributed by atoms with E-state index in [9.17, 15) is 8.78 Å². The average molecular weight is 248 g/mol. The van der Waals surface area contributed by atoms with Gasteiger partial charge < -0.3 is 4.90 Å². The predicted molar refractivity (Wildman–Crippen MR) is 67.4 cm³/mol. The van der Waals surface area contributed by atoms with Gasteiger partial charge in [-0.2, -0.15) is 4.39 Å².